The Morgan fingerprint density at radius 3 is 2.00 bits per heavy atom. The Bertz CT molecular complexity index is 1170. The van der Waals surface area contributed by atoms with Gasteiger partial charge in [0, 0.05) is 18.4 Å². The first-order chi connectivity index (χ1) is 17.0. The molecule has 1 unspecified atom stereocenters. The van der Waals surface area contributed by atoms with Crippen molar-refractivity contribution in [1.29, 1.82) is 0 Å². The number of hydrogen-bond acceptors (Lipinski definition) is 4. The fourth-order valence-electron chi connectivity index (χ4n) is 4.48. The second-order valence-corrected chi connectivity index (χ2v) is 8.53. The molecule has 180 valence electrons. The van der Waals surface area contributed by atoms with E-state index in [-0.39, 0.29) is 18.9 Å². The molecule has 7 heteroatoms. The van der Waals surface area contributed by atoms with Crippen LogP contribution in [0.5, 0.6) is 0 Å². The number of aliphatic carboxylic acids is 1. The van der Waals surface area contributed by atoms with Crippen LogP contribution in [-0.4, -0.2) is 35.7 Å². The lowest BCUT2D eigenvalue weighted by atomic mass is 9.98. The van der Waals surface area contributed by atoms with E-state index in [0.29, 0.717) is 12.0 Å². The number of amides is 2. The van der Waals surface area contributed by atoms with E-state index in [0.717, 1.165) is 22.3 Å². The largest absolute Gasteiger partial charge is 0.479 e. The van der Waals surface area contributed by atoms with Crippen LogP contribution in [0.1, 0.15) is 48.4 Å². The molecule has 0 aromatic heterocycles. The third-order valence-electron chi connectivity index (χ3n) is 6.28. The van der Waals surface area contributed by atoms with Crippen LogP contribution < -0.4 is 10.6 Å². The minimum absolute atomic E-state index is 0.0567. The molecule has 7 nitrogen and oxygen atoms in total. The van der Waals surface area contributed by atoms with Crippen LogP contribution in [0.15, 0.2) is 78.9 Å². The van der Waals surface area contributed by atoms with Crippen molar-refractivity contribution >= 4 is 18.0 Å². The summed E-state index contributed by atoms with van der Waals surface area (Å²) in [5.41, 5.74) is 5.01. The van der Waals surface area contributed by atoms with Gasteiger partial charge in [-0.2, -0.15) is 0 Å². The van der Waals surface area contributed by atoms with Crippen LogP contribution in [0, 0.1) is 0 Å². The summed E-state index contributed by atoms with van der Waals surface area (Å²) in [6.07, 6.45) is -0.179. The Kier molecular flexibility index (Phi) is 7.45. The Morgan fingerprint density at radius 2 is 1.43 bits per heavy atom. The van der Waals surface area contributed by atoms with E-state index in [2.05, 4.69) is 22.8 Å². The molecule has 4 rings (SSSR count). The summed E-state index contributed by atoms with van der Waals surface area (Å²) < 4.78 is 5.57. The maximum absolute atomic E-state index is 12.6. The second-order valence-electron chi connectivity index (χ2n) is 8.53. The quantitative estimate of drug-likeness (QED) is 0.421. The topological polar surface area (TPSA) is 105 Å². The third kappa shape index (κ3) is 5.51. The van der Waals surface area contributed by atoms with Crippen molar-refractivity contribution < 1.29 is 24.2 Å². The van der Waals surface area contributed by atoms with E-state index in [1.807, 2.05) is 43.3 Å². The summed E-state index contributed by atoms with van der Waals surface area (Å²) >= 11 is 0. The summed E-state index contributed by atoms with van der Waals surface area (Å²) in [4.78, 5) is 36.8. The highest BCUT2D eigenvalue weighted by atomic mass is 16.5. The van der Waals surface area contributed by atoms with E-state index in [9.17, 15) is 19.5 Å². The maximum Gasteiger partial charge on any atom is 0.407 e. The average molecular weight is 473 g/mol. The Hall–Kier alpha value is -4.13. The van der Waals surface area contributed by atoms with E-state index < -0.39 is 30.1 Å². The highest BCUT2D eigenvalue weighted by Crippen LogP contribution is 2.44. The van der Waals surface area contributed by atoms with Gasteiger partial charge in [0.05, 0.1) is 0 Å². The first-order valence-corrected chi connectivity index (χ1v) is 11.7. The van der Waals surface area contributed by atoms with Crippen molar-refractivity contribution in [3.8, 4) is 11.1 Å². The van der Waals surface area contributed by atoms with Crippen LogP contribution in [0.3, 0.4) is 0 Å². The van der Waals surface area contributed by atoms with Gasteiger partial charge in [0.2, 0.25) is 5.91 Å². The number of carbonyl (C=O) groups is 3. The molecule has 0 bridgehead atoms. The minimum atomic E-state index is -1.16. The standard InChI is InChI=1S/C28H28N2O5/c1-2-19(16-25(31)30-26(27(32)33)18-10-4-3-5-11-18)29-28(34)35-17-24-22-14-8-6-12-20(22)21-13-7-9-15-23(21)24/h3-15,19,24,26H,2,16-17H2,1H3,(H,29,34)(H,30,31)(H,32,33)/t19?,26-/m1/s1. The molecule has 0 fully saturated rings. The van der Waals surface area contributed by atoms with E-state index in [1.165, 1.54) is 0 Å². The molecule has 3 N–H and O–H groups in total. The fourth-order valence-corrected chi connectivity index (χ4v) is 4.48. The second kappa shape index (κ2) is 10.9. The number of carboxylic acids is 1. The Morgan fingerprint density at radius 1 is 0.857 bits per heavy atom. The molecule has 0 aliphatic heterocycles. The van der Waals surface area contributed by atoms with Gasteiger partial charge in [0.15, 0.2) is 6.04 Å². The predicted octanol–water partition coefficient (Wildman–Crippen LogP) is 4.64. The molecule has 3 aromatic rings. The van der Waals surface area contributed by atoms with Gasteiger partial charge >= 0.3 is 12.1 Å². The smallest absolute Gasteiger partial charge is 0.407 e. The van der Waals surface area contributed by atoms with Gasteiger partial charge < -0.3 is 20.5 Å². The van der Waals surface area contributed by atoms with E-state index in [1.54, 1.807) is 30.3 Å². The molecule has 2 amide bonds. The van der Waals surface area contributed by atoms with E-state index >= 15 is 0 Å². The number of carbonyl (C=O) groups excluding carboxylic acids is 2. The Labute approximate surface area is 204 Å². The van der Waals surface area contributed by atoms with Gasteiger partial charge in [0.1, 0.15) is 6.61 Å². The summed E-state index contributed by atoms with van der Waals surface area (Å²) in [5.74, 6) is -1.67. The summed E-state index contributed by atoms with van der Waals surface area (Å²) in [5, 5.41) is 14.8. The number of ether oxygens (including phenoxy) is 1. The lowest BCUT2D eigenvalue weighted by Crippen LogP contribution is -2.41. The highest BCUT2D eigenvalue weighted by molar-refractivity contribution is 5.85. The van der Waals surface area contributed by atoms with E-state index in [4.69, 9.17) is 4.74 Å². The zero-order chi connectivity index (χ0) is 24.8. The summed E-state index contributed by atoms with van der Waals surface area (Å²) in [7, 11) is 0. The van der Waals surface area contributed by atoms with Crippen LogP contribution >= 0.6 is 0 Å². The van der Waals surface area contributed by atoms with Gasteiger partial charge in [0.25, 0.3) is 0 Å². The lowest BCUT2D eigenvalue weighted by molar-refractivity contribution is -0.142. The number of carboxylic acid groups (broad SMARTS) is 1. The average Bonchev–Trinajstić information content (AvgIpc) is 3.19. The van der Waals surface area contributed by atoms with Crippen molar-refractivity contribution in [3.05, 3.63) is 95.6 Å². The van der Waals surface area contributed by atoms with Gasteiger partial charge in [-0.15, -0.1) is 0 Å². The zero-order valence-corrected chi connectivity index (χ0v) is 19.4. The molecule has 0 saturated heterocycles. The highest BCUT2D eigenvalue weighted by Gasteiger charge is 2.29. The van der Waals surface area contributed by atoms with Gasteiger partial charge in [-0.3, -0.25) is 4.79 Å². The SMILES string of the molecule is CCC(CC(=O)N[C@@H](C(=O)O)c1ccccc1)NC(=O)OCC1c2ccccc2-c2ccccc21. The fraction of sp³-hybridized carbons (Fsp3) is 0.250. The number of hydrogen-bond donors (Lipinski definition) is 3. The maximum atomic E-state index is 12.6. The number of rotatable bonds is 9. The van der Waals surface area contributed by atoms with Gasteiger partial charge in [-0.05, 0) is 34.2 Å². The predicted molar refractivity (Wildman–Crippen MR) is 132 cm³/mol. The minimum Gasteiger partial charge on any atom is -0.479 e. The molecule has 2 atom stereocenters. The molecule has 0 saturated carbocycles. The van der Waals surface area contributed by atoms with Gasteiger partial charge in [-0.25, -0.2) is 9.59 Å². The normalized spacial score (nSPS) is 13.7. The monoisotopic (exact) mass is 472 g/mol. The van der Waals surface area contributed by atoms with Crippen LogP contribution in [-0.2, 0) is 14.3 Å². The third-order valence-corrected chi connectivity index (χ3v) is 6.28. The molecule has 1 aliphatic rings. The van der Waals surface area contributed by atoms with Crippen molar-refractivity contribution in [3.63, 3.8) is 0 Å². The molecular formula is C28H28N2O5. The van der Waals surface area contributed by atoms with Crippen molar-refractivity contribution in [2.24, 2.45) is 0 Å². The summed E-state index contributed by atoms with van der Waals surface area (Å²) in [6, 6.07) is 23.0. The molecule has 35 heavy (non-hydrogen) atoms. The molecular weight excluding hydrogens is 444 g/mol. The first-order valence-electron chi connectivity index (χ1n) is 11.7. The molecule has 1 aliphatic carbocycles. The Balaban J connectivity index is 1.34. The number of nitrogens with one attached hydrogen (secondary N) is 2. The number of fused-ring (bicyclic) bond motifs is 3. The molecule has 0 radical (unpaired) electrons. The molecule has 0 heterocycles. The van der Waals surface area contributed by atoms with Crippen LogP contribution in [0.4, 0.5) is 4.79 Å². The lowest BCUT2D eigenvalue weighted by Gasteiger charge is -2.20. The number of benzene rings is 3. The number of alkyl carbamates (subject to hydrolysis) is 1. The van der Waals surface area contributed by atoms with Crippen molar-refractivity contribution in [2.45, 2.75) is 37.8 Å². The van der Waals surface area contributed by atoms with Crippen molar-refractivity contribution in [2.75, 3.05) is 6.61 Å². The zero-order valence-electron chi connectivity index (χ0n) is 19.4. The summed E-state index contributed by atoms with van der Waals surface area (Å²) in [6.45, 7) is 2.02. The van der Waals surface area contributed by atoms with Gasteiger partial charge in [-0.1, -0.05) is 85.8 Å². The first kappa shape index (κ1) is 24.0. The van der Waals surface area contributed by atoms with Crippen LogP contribution in [0.25, 0.3) is 11.1 Å². The molecule has 0 spiro atoms. The molecule has 3 aromatic carbocycles. The van der Waals surface area contributed by atoms with Crippen molar-refractivity contribution in [1.82, 2.24) is 10.6 Å². The van der Waals surface area contributed by atoms with Crippen LogP contribution in [0.2, 0.25) is 0 Å².